The predicted octanol–water partition coefficient (Wildman–Crippen LogP) is 1.89. The third kappa shape index (κ3) is 2.95. The van der Waals surface area contributed by atoms with E-state index in [1.807, 2.05) is 0 Å². The van der Waals surface area contributed by atoms with Gasteiger partial charge in [0, 0.05) is 16.5 Å². The average Bonchev–Trinajstić information content (AvgIpc) is 2.89. The van der Waals surface area contributed by atoms with Crippen molar-refractivity contribution in [3.8, 4) is 0 Å². The first-order valence-electron chi connectivity index (χ1n) is 8.07. The molecule has 0 bridgehead atoms. The van der Waals surface area contributed by atoms with E-state index in [2.05, 4.69) is 4.98 Å². The lowest BCUT2D eigenvalue weighted by Crippen LogP contribution is -2.21. The summed E-state index contributed by atoms with van der Waals surface area (Å²) in [4.78, 5) is 27.3. The fourth-order valence-corrected chi connectivity index (χ4v) is 5.67. The minimum atomic E-state index is -5.32. The molecule has 148 valence electrons. The SMILES string of the molecule is O=C1c2ccccc2C(=O)C1c1nc2ccccc2c(S(=O)(=O)O)c1S(=O)(=O)O. The molecule has 0 atom stereocenters. The van der Waals surface area contributed by atoms with Gasteiger partial charge in [0.05, 0.1) is 11.2 Å². The van der Waals surface area contributed by atoms with Crippen LogP contribution in [-0.2, 0) is 20.2 Å². The number of Topliss-reactive ketones (excluding diaryl/α,β-unsaturated/α-hetero) is 2. The molecule has 1 aromatic heterocycles. The van der Waals surface area contributed by atoms with Crippen LogP contribution in [-0.4, -0.2) is 42.5 Å². The monoisotopic (exact) mass is 433 g/mol. The standard InChI is InChI=1S/C18H11NO8S2/c20-15-9-5-1-2-6-10(9)16(21)13(15)14-18(29(25,26)27)17(28(22,23)24)11-7-3-4-8-12(11)19-14/h1-8,13H,(H,22,23,24)(H,25,26,27). The molecular weight excluding hydrogens is 422 g/mol. The smallest absolute Gasteiger partial charge is 0.293 e. The Hall–Kier alpha value is -2.99. The Bertz CT molecular complexity index is 1410. The third-order valence-electron chi connectivity index (χ3n) is 4.60. The van der Waals surface area contributed by atoms with Crippen molar-refractivity contribution in [2.45, 2.75) is 15.7 Å². The highest BCUT2D eigenvalue weighted by Crippen LogP contribution is 2.40. The summed E-state index contributed by atoms with van der Waals surface area (Å²) in [6.45, 7) is 0. The Morgan fingerprint density at radius 1 is 0.724 bits per heavy atom. The maximum Gasteiger partial charge on any atom is 0.297 e. The molecule has 9 nitrogen and oxygen atoms in total. The van der Waals surface area contributed by atoms with E-state index in [0.717, 1.165) is 0 Å². The molecule has 0 unspecified atom stereocenters. The number of nitrogens with zero attached hydrogens (tertiary/aromatic N) is 1. The molecule has 0 saturated carbocycles. The largest absolute Gasteiger partial charge is 0.297 e. The van der Waals surface area contributed by atoms with Crippen LogP contribution in [0.2, 0.25) is 0 Å². The number of rotatable bonds is 3. The molecule has 1 heterocycles. The number of ketones is 2. The molecule has 0 amide bonds. The van der Waals surface area contributed by atoms with E-state index in [1.165, 1.54) is 48.5 Å². The normalized spacial score (nSPS) is 15.1. The number of pyridine rings is 1. The average molecular weight is 433 g/mol. The molecule has 1 aliphatic carbocycles. The van der Waals surface area contributed by atoms with Gasteiger partial charge in [0.15, 0.2) is 11.6 Å². The summed E-state index contributed by atoms with van der Waals surface area (Å²) >= 11 is 0. The van der Waals surface area contributed by atoms with Crippen LogP contribution in [0.5, 0.6) is 0 Å². The lowest BCUT2D eigenvalue weighted by atomic mass is 9.98. The van der Waals surface area contributed by atoms with Gasteiger partial charge in [-0.15, -0.1) is 0 Å². The molecule has 4 rings (SSSR count). The minimum absolute atomic E-state index is 0.0205. The van der Waals surface area contributed by atoms with Crippen molar-refractivity contribution in [3.63, 3.8) is 0 Å². The third-order valence-corrected chi connectivity index (χ3v) is 6.60. The highest BCUT2D eigenvalue weighted by Gasteiger charge is 2.45. The summed E-state index contributed by atoms with van der Waals surface area (Å²) in [7, 11) is -10.5. The quantitative estimate of drug-likeness (QED) is 0.465. The van der Waals surface area contributed by atoms with Gasteiger partial charge in [0.2, 0.25) is 0 Å². The second-order valence-corrected chi connectivity index (χ2v) is 9.05. The number of aromatic nitrogens is 1. The van der Waals surface area contributed by atoms with E-state index >= 15 is 0 Å². The van der Waals surface area contributed by atoms with Crippen LogP contribution in [0.1, 0.15) is 32.3 Å². The summed E-state index contributed by atoms with van der Waals surface area (Å²) in [6.07, 6.45) is 0. The lowest BCUT2D eigenvalue weighted by molar-refractivity contribution is 0.0886. The molecule has 0 saturated heterocycles. The molecule has 0 aliphatic heterocycles. The Kier molecular flexibility index (Phi) is 4.17. The fourth-order valence-electron chi connectivity index (χ4n) is 3.47. The zero-order valence-corrected chi connectivity index (χ0v) is 15.9. The van der Waals surface area contributed by atoms with Crippen molar-refractivity contribution in [1.82, 2.24) is 4.98 Å². The number of hydrogen-bond acceptors (Lipinski definition) is 7. The van der Waals surface area contributed by atoms with Crippen LogP contribution < -0.4 is 0 Å². The second kappa shape index (κ2) is 6.26. The lowest BCUT2D eigenvalue weighted by Gasteiger charge is -2.16. The molecule has 2 N–H and O–H groups in total. The number of benzene rings is 2. The molecule has 1 aliphatic rings. The van der Waals surface area contributed by atoms with Gasteiger partial charge in [-0.25, -0.2) is 0 Å². The summed E-state index contributed by atoms with van der Waals surface area (Å²) in [5.41, 5.74) is -0.802. The molecule has 11 heteroatoms. The van der Waals surface area contributed by atoms with Crippen LogP contribution in [0.3, 0.4) is 0 Å². The number of carbonyl (C=O) groups is 2. The van der Waals surface area contributed by atoms with Gasteiger partial charge in [0.1, 0.15) is 15.7 Å². The van der Waals surface area contributed by atoms with E-state index in [0.29, 0.717) is 0 Å². The molecule has 0 spiro atoms. The van der Waals surface area contributed by atoms with Crippen LogP contribution in [0.25, 0.3) is 10.9 Å². The summed E-state index contributed by atoms with van der Waals surface area (Å²) in [5, 5.41) is -0.290. The molecule has 0 radical (unpaired) electrons. The first kappa shape index (κ1) is 19.3. The van der Waals surface area contributed by atoms with Gasteiger partial charge in [-0.1, -0.05) is 42.5 Å². The first-order chi connectivity index (χ1) is 13.5. The number of hydrogen-bond donors (Lipinski definition) is 2. The van der Waals surface area contributed by atoms with Gasteiger partial charge in [-0.2, -0.15) is 16.8 Å². The highest BCUT2D eigenvalue weighted by atomic mass is 32.2. The summed E-state index contributed by atoms with van der Waals surface area (Å²) < 4.78 is 67.8. The van der Waals surface area contributed by atoms with E-state index in [-0.39, 0.29) is 22.0 Å². The van der Waals surface area contributed by atoms with Crippen LogP contribution >= 0.6 is 0 Å². The van der Waals surface area contributed by atoms with Gasteiger partial charge in [-0.3, -0.25) is 23.7 Å². The van der Waals surface area contributed by atoms with Crippen molar-refractivity contribution < 1.29 is 35.5 Å². The Morgan fingerprint density at radius 2 is 1.21 bits per heavy atom. The van der Waals surface area contributed by atoms with Crippen molar-refractivity contribution >= 4 is 42.7 Å². The summed E-state index contributed by atoms with van der Waals surface area (Å²) in [5.74, 6) is -3.37. The number of fused-ring (bicyclic) bond motifs is 2. The Morgan fingerprint density at radius 3 is 1.72 bits per heavy atom. The van der Waals surface area contributed by atoms with Gasteiger partial charge < -0.3 is 0 Å². The molecule has 0 fully saturated rings. The second-order valence-electron chi connectivity index (χ2n) is 6.33. The fraction of sp³-hybridized carbons (Fsp3) is 0.0556. The molecule has 29 heavy (non-hydrogen) atoms. The van der Waals surface area contributed by atoms with Crippen molar-refractivity contribution in [3.05, 3.63) is 65.4 Å². The van der Waals surface area contributed by atoms with Crippen molar-refractivity contribution in [2.24, 2.45) is 0 Å². The van der Waals surface area contributed by atoms with Gasteiger partial charge in [0.25, 0.3) is 20.2 Å². The predicted molar refractivity (Wildman–Crippen MR) is 99.2 cm³/mol. The molecular formula is C18H11NO8S2. The van der Waals surface area contributed by atoms with Crippen molar-refractivity contribution in [1.29, 1.82) is 0 Å². The first-order valence-corrected chi connectivity index (χ1v) is 10.9. The summed E-state index contributed by atoms with van der Waals surface area (Å²) in [6, 6.07) is 11.1. The topological polar surface area (TPSA) is 156 Å². The van der Waals surface area contributed by atoms with Gasteiger partial charge in [-0.05, 0) is 6.07 Å². The van der Waals surface area contributed by atoms with Crippen LogP contribution in [0.15, 0.2) is 58.3 Å². The highest BCUT2D eigenvalue weighted by molar-refractivity contribution is 7.89. The molecule has 2 aromatic carbocycles. The van der Waals surface area contributed by atoms with E-state index in [1.54, 1.807) is 0 Å². The maximum absolute atomic E-state index is 12.8. The van der Waals surface area contributed by atoms with E-state index in [9.17, 15) is 35.5 Å². The van der Waals surface area contributed by atoms with E-state index < -0.39 is 53.2 Å². The number of para-hydroxylation sites is 1. The van der Waals surface area contributed by atoms with E-state index in [4.69, 9.17) is 0 Å². The van der Waals surface area contributed by atoms with Crippen LogP contribution in [0, 0.1) is 0 Å². The van der Waals surface area contributed by atoms with Crippen molar-refractivity contribution in [2.75, 3.05) is 0 Å². The zero-order chi connectivity index (χ0) is 21.1. The zero-order valence-electron chi connectivity index (χ0n) is 14.3. The Balaban J connectivity index is 2.17. The number of carbonyl (C=O) groups excluding carboxylic acids is 2. The Labute approximate surface area is 164 Å². The minimum Gasteiger partial charge on any atom is -0.293 e. The van der Waals surface area contributed by atoms with Crippen LogP contribution in [0.4, 0.5) is 0 Å². The maximum atomic E-state index is 12.8. The molecule has 3 aromatic rings. The van der Waals surface area contributed by atoms with Gasteiger partial charge >= 0.3 is 0 Å².